The Kier molecular flexibility index (Phi) is 8.01. The smallest absolute Gasteiger partial charge is 0.304 e. The molecule has 0 aromatic rings. The Hall–Kier alpha value is -0.610. The summed E-state index contributed by atoms with van der Waals surface area (Å²) in [5.41, 5.74) is 0. The fourth-order valence-corrected chi connectivity index (χ4v) is 2.29. The predicted octanol–water partition coefficient (Wildman–Crippen LogP) is 1.75. The van der Waals surface area contributed by atoms with Gasteiger partial charge in [0.05, 0.1) is 6.42 Å². The van der Waals surface area contributed by atoms with Crippen LogP contribution in [0.5, 0.6) is 0 Å². The van der Waals surface area contributed by atoms with Crippen molar-refractivity contribution in [3.8, 4) is 0 Å². The molecule has 0 bridgehead atoms. The molecule has 2 aliphatic rings. The summed E-state index contributed by atoms with van der Waals surface area (Å²) in [5, 5.41) is 15.0. The van der Waals surface area contributed by atoms with Gasteiger partial charge in [-0.2, -0.15) is 0 Å². The number of nitrogens with one attached hydrogen (secondary N) is 2. The highest BCUT2D eigenvalue weighted by molar-refractivity contribution is 5.67. The van der Waals surface area contributed by atoms with Crippen LogP contribution < -0.4 is 10.6 Å². The maximum absolute atomic E-state index is 10.3. The van der Waals surface area contributed by atoms with Gasteiger partial charge in [0.1, 0.15) is 0 Å². The number of carboxylic acids is 1. The van der Waals surface area contributed by atoms with E-state index in [4.69, 9.17) is 5.11 Å². The van der Waals surface area contributed by atoms with Crippen molar-refractivity contribution in [3.63, 3.8) is 0 Å². The van der Waals surface area contributed by atoms with Crippen LogP contribution in [0.3, 0.4) is 0 Å². The number of hydrogen-bond donors (Lipinski definition) is 3. The van der Waals surface area contributed by atoms with Gasteiger partial charge < -0.3 is 15.7 Å². The van der Waals surface area contributed by atoms with Crippen molar-refractivity contribution in [3.05, 3.63) is 0 Å². The minimum Gasteiger partial charge on any atom is -0.481 e. The van der Waals surface area contributed by atoms with Crippen LogP contribution in [0.4, 0.5) is 0 Å². The Bertz CT molecular complexity index is 186. The molecular formula is C13H26N2O2. The molecule has 1 atom stereocenters. The molecule has 0 spiro atoms. The molecule has 2 fully saturated rings. The Morgan fingerprint density at radius 2 is 1.65 bits per heavy atom. The van der Waals surface area contributed by atoms with Crippen LogP contribution in [0.1, 0.15) is 51.4 Å². The van der Waals surface area contributed by atoms with Crippen LogP contribution in [0.2, 0.25) is 0 Å². The van der Waals surface area contributed by atoms with Crippen LogP contribution in [0.15, 0.2) is 0 Å². The molecule has 3 N–H and O–H groups in total. The van der Waals surface area contributed by atoms with Crippen molar-refractivity contribution in [2.75, 3.05) is 19.6 Å². The van der Waals surface area contributed by atoms with Crippen LogP contribution in [-0.4, -0.2) is 36.8 Å². The van der Waals surface area contributed by atoms with Crippen LogP contribution in [0.25, 0.3) is 0 Å². The van der Waals surface area contributed by atoms with Gasteiger partial charge in [0, 0.05) is 6.04 Å². The van der Waals surface area contributed by atoms with Crippen molar-refractivity contribution in [1.82, 2.24) is 10.6 Å². The van der Waals surface area contributed by atoms with Crippen LogP contribution >= 0.6 is 0 Å². The molecule has 4 nitrogen and oxygen atoms in total. The molecule has 17 heavy (non-hydrogen) atoms. The molecule has 0 aromatic carbocycles. The summed E-state index contributed by atoms with van der Waals surface area (Å²) in [6, 6.07) is 0.218. The lowest BCUT2D eigenvalue weighted by molar-refractivity contribution is -0.137. The molecular weight excluding hydrogens is 216 g/mol. The van der Waals surface area contributed by atoms with Gasteiger partial charge in [-0.05, 0) is 45.3 Å². The molecule has 0 saturated carbocycles. The molecule has 2 saturated heterocycles. The van der Waals surface area contributed by atoms with Gasteiger partial charge in [-0.25, -0.2) is 0 Å². The fourth-order valence-electron chi connectivity index (χ4n) is 2.29. The monoisotopic (exact) mass is 242 g/mol. The van der Waals surface area contributed by atoms with Crippen molar-refractivity contribution >= 4 is 5.97 Å². The average molecular weight is 242 g/mol. The second-order valence-corrected chi connectivity index (χ2v) is 4.91. The number of aliphatic carboxylic acids is 1. The van der Waals surface area contributed by atoms with E-state index in [1.807, 2.05) is 0 Å². The van der Waals surface area contributed by atoms with Crippen molar-refractivity contribution in [2.24, 2.45) is 0 Å². The van der Waals surface area contributed by atoms with E-state index >= 15 is 0 Å². The van der Waals surface area contributed by atoms with Crippen LogP contribution in [0, 0.1) is 0 Å². The van der Waals surface area contributed by atoms with Gasteiger partial charge in [0.25, 0.3) is 0 Å². The normalized spacial score (nSPS) is 25.3. The maximum Gasteiger partial charge on any atom is 0.304 e. The van der Waals surface area contributed by atoms with E-state index in [0.717, 1.165) is 13.0 Å². The minimum absolute atomic E-state index is 0.218. The van der Waals surface area contributed by atoms with E-state index in [2.05, 4.69) is 10.6 Å². The Morgan fingerprint density at radius 1 is 1.00 bits per heavy atom. The fraction of sp³-hybridized carbons (Fsp3) is 0.923. The van der Waals surface area contributed by atoms with Crippen molar-refractivity contribution < 1.29 is 9.90 Å². The average Bonchev–Trinajstić information content (AvgIpc) is 2.60. The maximum atomic E-state index is 10.3. The van der Waals surface area contributed by atoms with Gasteiger partial charge in [0.2, 0.25) is 0 Å². The molecule has 1 unspecified atom stereocenters. The largest absolute Gasteiger partial charge is 0.481 e. The zero-order valence-electron chi connectivity index (χ0n) is 10.7. The highest BCUT2D eigenvalue weighted by Gasteiger charge is 2.13. The standard InChI is InChI=1S/C8H15NO2.C5H11N/c10-8(11)6-7-4-2-1-3-5-9-7;1-2-4-6-5-3-1/h7,9H,1-6H2,(H,10,11);6H,1-5H2. The summed E-state index contributed by atoms with van der Waals surface area (Å²) < 4.78 is 0. The van der Waals surface area contributed by atoms with E-state index in [1.165, 1.54) is 51.6 Å². The molecule has 2 aliphatic heterocycles. The first-order chi connectivity index (χ1) is 8.29. The second-order valence-electron chi connectivity index (χ2n) is 4.91. The second kappa shape index (κ2) is 9.42. The summed E-state index contributed by atoms with van der Waals surface area (Å²) in [7, 11) is 0. The van der Waals surface area contributed by atoms with Gasteiger partial charge >= 0.3 is 5.97 Å². The van der Waals surface area contributed by atoms with E-state index in [0.29, 0.717) is 0 Å². The third-order valence-electron chi connectivity index (χ3n) is 3.29. The highest BCUT2D eigenvalue weighted by atomic mass is 16.4. The number of hydrogen-bond acceptors (Lipinski definition) is 3. The number of piperidine rings is 1. The third kappa shape index (κ3) is 8.16. The zero-order valence-corrected chi connectivity index (χ0v) is 10.7. The van der Waals surface area contributed by atoms with Crippen molar-refractivity contribution in [1.29, 1.82) is 0 Å². The Morgan fingerprint density at radius 3 is 2.18 bits per heavy atom. The summed E-state index contributed by atoms with van der Waals surface area (Å²) in [4.78, 5) is 10.3. The summed E-state index contributed by atoms with van der Waals surface area (Å²) in [6.07, 6.45) is 9.11. The van der Waals surface area contributed by atoms with Gasteiger partial charge in [-0.15, -0.1) is 0 Å². The quantitative estimate of drug-likeness (QED) is 0.690. The predicted molar refractivity (Wildman–Crippen MR) is 69.2 cm³/mol. The van der Waals surface area contributed by atoms with E-state index in [9.17, 15) is 4.79 Å². The molecule has 100 valence electrons. The first-order valence-electron chi connectivity index (χ1n) is 6.95. The number of rotatable bonds is 2. The summed E-state index contributed by atoms with van der Waals surface area (Å²) >= 11 is 0. The Labute approximate surface area is 104 Å². The molecule has 0 amide bonds. The number of carbonyl (C=O) groups is 1. The molecule has 0 aromatic heterocycles. The lowest BCUT2D eigenvalue weighted by Crippen LogP contribution is -2.30. The van der Waals surface area contributed by atoms with Gasteiger partial charge in [0.15, 0.2) is 0 Å². The summed E-state index contributed by atoms with van der Waals surface area (Å²) in [5.74, 6) is -0.690. The minimum atomic E-state index is -0.690. The first kappa shape index (κ1) is 14.5. The molecule has 4 heteroatoms. The van der Waals surface area contributed by atoms with Crippen molar-refractivity contribution in [2.45, 2.75) is 57.4 Å². The van der Waals surface area contributed by atoms with Crippen LogP contribution in [-0.2, 0) is 4.79 Å². The molecule has 2 rings (SSSR count). The Balaban J connectivity index is 0.000000202. The lowest BCUT2D eigenvalue weighted by atomic mass is 10.1. The summed E-state index contributed by atoms with van der Waals surface area (Å²) in [6.45, 7) is 3.48. The molecule has 2 heterocycles. The number of carboxylic acid groups (broad SMARTS) is 1. The van der Waals surface area contributed by atoms with E-state index in [1.54, 1.807) is 0 Å². The first-order valence-corrected chi connectivity index (χ1v) is 6.95. The third-order valence-corrected chi connectivity index (χ3v) is 3.29. The van der Waals surface area contributed by atoms with E-state index in [-0.39, 0.29) is 12.5 Å². The SMILES string of the molecule is C1CCNCC1.O=C(O)CC1CCCCCN1. The zero-order chi connectivity index (χ0) is 12.3. The van der Waals surface area contributed by atoms with E-state index < -0.39 is 5.97 Å². The highest BCUT2D eigenvalue weighted by Crippen LogP contribution is 2.10. The van der Waals surface area contributed by atoms with Gasteiger partial charge in [-0.3, -0.25) is 4.79 Å². The molecule has 0 radical (unpaired) electrons. The topological polar surface area (TPSA) is 61.4 Å². The lowest BCUT2D eigenvalue weighted by Gasteiger charge is -2.11. The van der Waals surface area contributed by atoms with Gasteiger partial charge in [-0.1, -0.05) is 19.3 Å². The molecule has 0 aliphatic carbocycles.